The first-order chi connectivity index (χ1) is 10.2. The minimum atomic E-state index is 0.156. The molecule has 4 nitrogen and oxygen atoms in total. The molecule has 1 aromatic rings. The van der Waals surface area contributed by atoms with Gasteiger partial charge in [-0.2, -0.15) is 0 Å². The molecular formula is C17H24N2O2. The van der Waals surface area contributed by atoms with Crippen molar-refractivity contribution in [3.8, 4) is 0 Å². The van der Waals surface area contributed by atoms with Crippen LogP contribution in [-0.4, -0.2) is 43.7 Å². The molecule has 1 N–H and O–H groups in total. The molecule has 4 heteroatoms. The van der Waals surface area contributed by atoms with Gasteiger partial charge in [-0.1, -0.05) is 19.1 Å². The number of carbonyl (C=O) groups is 1. The van der Waals surface area contributed by atoms with Crippen molar-refractivity contribution < 1.29 is 9.53 Å². The normalized spacial score (nSPS) is 25.5. The van der Waals surface area contributed by atoms with Crippen LogP contribution in [0.2, 0.25) is 0 Å². The van der Waals surface area contributed by atoms with Gasteiger partial charge in [-0.15, -0.1) is 0 Å². The Labute approximate surface area is 126 Å². The molecule has 0 spiro atoms. The van der Waals surface area contributed by atoms with Gasteiger partial charge in [-0.25, -0.2) is 0 Å². The van der Waals surface area contributed by atoms with Crippen LogP contribution < -0.4 is 5.32 Å². The third-order valence-electron chi connectivity index (χ3n) is 4.85. The number of hydrogen-bond donors (Lipinski definition) is 1. The van der Waals surface area contributed by atoms with Crippen molar-refractivity contribution in [2.24, 2.45) is 5.92 Å². The number of hydrogen-bond acceptors (Lipinski definition) is 3. The molecule has 0 radical (unpaired) electrons. The Morgan fingerprint density at radius 3 is 3.10 bits per heavy atom. The number of fused-ring (bicyclic) bond motifs is 1. The maximum absolute atomic E-state index is 12.9. The minimum absolute atomic E-state index is 0.156. The van der Waals surface area contributed by atoms with Gasteiger partial charge >= 0.3 is 0 Å². The zero-order valence-electron chi connectivity index (χ0n) is 12.9. The molecule has 0 aromatic heterocycles. The number of carbonyl (C=O) groups excluding carboxylic acids is 1. The van der Waals surface area contributed by atoms with Crippen LogP contribution in [0, 0.1) is 5.92 Å². The monoisotopic (exact) mass is 288 g/mol. The highest BCUT2D eigenvalue weighted by Crippen LogP contribution is 2.24. The third kappa shape index (κ3) is 2.83. The summed E-state index contributed by atoms with van der Waals surface area (Å²) in [6.07, 6.45) is 2.11. The molecule has 2 heterocycles. The highest BCUT2D eigenvalue weighted by molar-refractivity contribution is 5.96. The number of benzene rings is 1. The smallest absolute Gasteiger partial charge is 0.254 e. The maximum atomic E-state index is 12.9. The van der Waals surface area contributed by atoms with Crippen LogP contribution in [0.25, 0.3) is 0 Å². The lowest BCUT2D eigenvalue weighted by molar-refractivity contribution is -0.00161. The predicted molar refractivity (Wildman–Crippen MR) is 82.3 cm³/mol. The average molecular weight is 288 g/mol. The second kappa shape index (κ2) is 6.16. The van der Waals surface area contributed by atoms with Gasteiger partial charge < -0.3 is 15.0 Å². The van der Waals surface area contributed by atoms with E-state index in [4.69, 9.17) is 4.74 Å². The quantitative estimate of drug-likeness (QED) is 0.903. The molecule has 21 heavy (non-hydrogen) atoms. The summed E-state index contributed by atoms with van der Waals surface area (Å²) in [7, 11) is 1.74. The molecule has 0 saturated carbocycles. The van der Waals surface area contributed by atoms with Gasteiger partial charge in [0.2, 0.25) is 0 Å². The fourth-order valence-corrected chi connectivity index (χ4v) is 3.43. The van der Waals surface area contributed by atoms with E-state index in [9.17, 15) is 4.79 Å². The number of ether oxygens (including phenoxy) is 1. The molecule has 2 unspecified atom stereocenters. The summed E-state index contributed by atoms with van der Waals surface area (Å²) in [6.45, 7) is 5.56. The number of nitrogens with one attached hydrogen (secondary N) is 1. The third-order valence-corrected chi connectivity index (χ3v) is 4.85. The summed E-state index contributed by atoms with van der Waals surface area (Å²) in [4.78, 5) is 14.9. The summed E-state index contributed by atoms with van der Waals surface area (Å²) in [5.74, 6) is 0.690. The molecule has 2 aliphatic heterocycles. The van der Waals surface area contributed by atoms with Gasteiger partial charge in [0.05, 0.1) is 6.10 Å². The molecule has 1 amide bonds. The topological polar surface area (TPSA) is 41.6 Å². The number of nitrogens with zero attached hydrogens (tertiary/aromatic N) is 1. The Hall–Kier alpha value is -1.39. The van der Waals surface area contributed by atoms with E-state index in [1.54, 1.807) is 7.11 Å². The zero-order chi connectivity index (χ0) is 14.8. The van der Waals surface area contributed by atoms with E-state index in [1.807, 2.05) is 17.0 Å². The van der Waals surface area contributed by atoms with Crippen LogP contribution in [0.4, 0.5) is 0 Å². The molecular weight excluding hydrogens is 264 g/mol. The molecule has 1 saturated heterocycles. The van der Waals surface area contributed by atoms with Crippen LogP contribution in [0.1, 0.15) is 34.8 Å². The summed E-state index contributed by atoms with van der Waals surface area (Å²) in [6, 6.07) is 6.10. The Kier molecular flexibility index (Phi) is 4.27. The van der Waals surface area contributed by atoms with Gasteiger partial charge in [0.25, 0.3) is 5.91 Å². The van der Waals surface area contributed by atoms with Gasteiger partial charge in [-0.3, -0.25) is 4.79 Å². The zero-order valence-corrected chi connectivity index (χ0v) is 12.9. The number of methoxy groups -OCH3 is 1. The standard InChI is InChI=1S/C17H24N2O2/c1-12-7-9-19(11-16(12)21-2)17(20)15-5-3-4-13-10-18-8-6-14(13)15/h3-5,12,16,18H,6-11H2,1-2H3. The molecule has 0 aliphatic carbocycles. The number of piperidine rings is 1. The maximum Gasteiger partial charge on any atom is 0.254 e. The lowest BCUT2D eigenvalue weighted by atomic mass is 9.92. The lowest BCUT2D eigenvalue weighted by Crippen LogP contribution is -2.47. The molecule has 2 aliphatic rings. The Morgan fingerprint density at radius 2 is 2.29 bits per heavy atom. The largest absolute Gasteiger partial charge is 0.379 e. The molecule has 2 atom stereocenters. The second-order valence-electron chi connectivity index (χ2n) is 6.16. The van der Waals surface area contributed by atoms with Crippen molar-refractivity contribution in [3.05, 3.63) is 34.9 Å². The SMILES string of the molecule is COC1CN(C(=O)c2cccc3c2CCNC3)CCC1C. The molecule has 1 fully saturated rings. The Morgan fingerprint density at radius 1 is 1.43 bits per heavy atom. The average Bonchev–Trinajstić information content (AvgIpc) is 2.54. The Balaban J connectivity index is 1.82. The molecule has 1 aromatic carbocycles. The van der Waals surface area contributed by atoms with Crippen LogP contribution in [0.3, 0.4) is 0 Å². The van der Waals surface area contributed by atoms with Gasteiger partial charge in [0, 0.05) is 32.3 Å². The van der Waals surface area contributed by atoms with E-state index in [2.05, 4.69) is 18.3 Å². The summed E-state index contributed by atoms with van der Waals surface area (Å²) in [5.41, 5.74) is 3.38. The number of amides is 1. The number of likely N-dealkylation sites (tertiary alicyclic amines) is 1. The fraction of sp³-hybridized carbons (Fsp3) is 0.588. The van der Waals surface area contributed by atoms with Crippen LogP contribution in [0.5, 0.6) is 0 Å². The van der Waals surface area contributed by atoms with E-state index in [-0.39, 0.29) is 12.0 Å². The predicted octanol–water partition coefficient (Wildman–Crippen LogP) is 1.83. The Bertz CT molecular complexity index is 530. The van der Waals surface area contributed by atoms with Crippen LogP contribution in [0.15, 0.2) is 18.2 Å². The van der Waals surface area contributed by atoms with E-state index >= 15 is 0 Å². The highest BCUT2D eigenvalue weighted by atomic mass is 16.5. The van der Waals surface area contributed by atoms with Gasteiger partial charge in [0.15, 0.2) is 0 Å². The minimum Gasteiger partial charge on any atom is -0.379 e. The molecule has 0 bridgehead atoms. The summed E-state index contributed by atoms with van der Waals surface area (Å²) in [5, 5.41) is 3.36. The highest BCUT2D eigenvalue weighted by Gasteiger charge is 2.30. The summed E-state index contributed by atoms with van der Waals surface area (Å²) < 4.78 is 5.53. The van der Waals surface area contributed by atoms with E-state index in [1.165, 1.54) is 11.1 Å². The van der Waals surface area contributed by atoms with Crippen LogP contribution >= 0.6 is 0 Å². The first-order valence-electron chi connectivity index (χ1n) is 7.84. The van der Waals surface area contributed by atoms with Crippen molar-refractivity contribution in [3.63, 3.8) is 0 Å². The first-order valence-corrected chi connectivity index (χ1v) is 7.84. The van der Waals surface area contributed by atoms with Crippen molar-refractivity contribution in [1.82, 2.24) is 10.2 Å². The van der Waals surface area contributed by atoms with Gasteiger partial charge in [0.1, 0.15) is 0 Å². The van der Waals surface area contributed by atoms with E-state index in [0.29, 0.717) is 12.5 Å². The van der Waals surface area contributed by atoms with Crippen molar-refractivity contribution in [1.29, 1.82) is 0 Å². The first kappa shape index (κ1) is 14.5. The second-order valence-corrected chi connectivity index (χ2v) is 6.16. The fourth-order valence-electron chi connectivity index (χ4n) is 3.43. The van der Waals surface area contributed by atoms with E-state index in [0.717, 1.165) is 38.0 Å². The number of rotatable bonds is 2. The van der Waals surface area contributed by atoms with Crippen molar-refractivity contribution >= 4 is 5.91 Å². The van der Waals surface area contributed by atoms with Crippen molar-refractivity contribution in [2.45, 2.75) is 32.4 Å². The van der Waals surface area contributed by atoms with Crippen LogP contribution in [-0.2, 0) is 17.7 Å². The van der Waals surface area contributed by atoms with Gasteiger partial charge in [-0.05, 0) is 42.5 Å². The molecule has 3 rings (SSSR count). The lowest BCUT2D eigenvalue weighted by Gasteiger charge is -2.36. The van der Waals surface area contributed by atoms with Crippen molar-refractivity contribution in [2.75, 3.05) is 26.7 Å². The summed E-state index contributed by atoms with van der Waals surface area (Å²) >= 11 is 0. The van der Waals surface area contributed by atoms with E-state index < -0.39 is 0 Å². The molecule has 114 valence electrons.